The highest BCUT2D eigenvalue weighted by atomic mass is 16.5. The number of rotatable bonds is 5. The number of carbonyl (C=O) groups is 1. The van der Waals surface area contributed by atoms with Crippen molar-refractivity contribution in [1.82, 2.24) is 25.1 Å². The van der Waals surface area contributed by atoms with Crippen LogP contribution in [0.2, 0.25) is 0 Å². The molecule has 0 saturated heterocycles. The van der Waals surface area contributed by atoms with Crippen LogP contribution in [0.1, 0.15) is 41.7 Å². The predicted molar refractivity (Wildman–Crippen MR) is 63.7 cm³/mol. The van der Waals surface area contributed by atoms with E-state index in [9.17, 15) is 4.79 Å². The second kappa shape index (κ2) is 5.17. The van der Waals surface area contributed by atoms with E-state index in [1.54, 1.807) is 6.92 Å². The molecular formula is C11H15N5O3. The van der Waals surface area contributed by atoms with Crippen LogP contribution in [0.3, 0.4) is 0 Å². The van der Waals surface area contributed by atoms with Gasteiger partial charge < -0.3 is 9.63 Å². The highest BCUT2D eigenvalue weighted by molar-refractivity contribution is 5.86. The first-order valence-electron chi connectivity index (χ1n) is 5.92. The summed E-state index contributed by atoms with van der Waals surface area (Å²) in [5, 5.41) is 20.3. The van der Waals surface area contributed by atoms with E-state index in [1.807, 2.05) is 13.8 Å². The first-order chi connectivity index (χ1) is 8.97. The predicted octanol–water partition coefficient (Wildman–Crippen LogP) is 0.915. The number of aromatic nitrogens is 5. The van der Waals surface area contributed by atoms with Crippen molar-refractivity contribution >= 4 is 5.97 Å². The van der Waals surface area contributed by atoms with Crippen molar-refractivity contribution in [2.45, 2.75) is 33.7 Å². The lowest BCUT2D eigenvalue weighted by Gasteiger charge is -2.07. The third kappa shape index (κ3) is 2.95. The lowest BCUT2D eigenvalue weighted by atomic mass is 10.1. The minimum Gasteiger partial charge on any atom is -0.476 e. The molecule has 19 heavy (non-hydrogen) atoms. The van der Waals surface area contributed by atoms with E-state index >= 15 is 0 Å². The molecule has 0 bridgehead atoms. The van der Waals surface area contributed by atoms with Crippen LogP contribution in [-0.4, -0.2) is 36.2 Å². The van der Waals surface area contributed by atoms with Gasteiger partial charge in [0, 0.05) is 0 Å². The smallest absolute Gasteiger partial charge is 0.358 e. The molecule has 0 amide bonds. The first-order valence-corrected chi connectivity index (χ1v) is 5.92. The normalized spacial score (nSPS) is 11.2. The van der Waals surface area contributed by atoms with Gasteiger partial charge >= 0.3 is 5.97 Å². The van der Waals surface area contributed by atoms with Gasteiger partial charge in [-0.05, 0) is 19.3 Å². The Labute approximate surface area is 109 Å². The Morgan fingerprint density at radius 3 is 2.74 bits per heavy atom. The van der Waals surface area contributed by atoms with Gasteiger partial charge in [-0.3, -0.25) is 0 Å². The van der Waals surface area contributed by atoms with Gasteiger partial charge in [0.05, 0.1) is 5.69 Å². The number of hydrogen-bond acceptors (Lipinski definition) is 6. The molecule has 0 aliphatic rings. The van der Waals surface area contributed by atoms with E-state index in [1.165, 1.54) is 4.68 Å². The molecule has 2 aromatic heterocycles. The molecular weight excluding hydrogens is 250 g/mol. The molecule has 0 fully saturated rings. The van der Waals surface area contributed by atoms with Crippen molar-refractivity contribution in [3.63, 3.8) is 0 Å². The minimum atomic E-state index is -1.08. The Bertz CT molecular complexity index is 587. The van der Waals surface area contributed by atoms with Crippen LogP contribution < -0.4 is 0 Å². The lowest BCUT2D eigenvalue weighted by molar-refractivity contribution is 0.0689. The second-order valence-electron chi connectivity index (χ2n) is 4.68. The average Bonchev–Trinajstić information content (AvgIpc) is 2.87. The molecule has 0 atom stereocenters. The highest BCUT2D eigenvalue weighted by Crippen LogP contribution is 2.13. The highest BCUT2D eigenvalue weighted by Gasteiger charge is 2.20. The summed E-state index contributed by atoms with van der Waals surface area (Å²) in [6.45, 7) is 5.94. The third-order valence-corrected chi connectivity index (χ3v) is 2.50. The standard InChI is InChI=1S/C11H15N5O3/c1-6(2)4-8-10(11(17)18)13-15-16(8)5-9-12-7(3)14-19-9/h6H,4-5H2,1-3H3,(H,17,18). The Hall–Kier alpha value is -2.25. The summed E-state index contributed by atoms with van der Waals surface area (Å²) in [5.41, 5.74) is 0.545. The van der Waals surface area contributed by atoms with Gasteiger partial charge in [-0.25, -0.2) is 9.48 Å². The molecule has 0 saturated carbocycles. The molecule has 0 aliphatic carbocycles. The van der Waals surface area contributed by atoms with Crippen molar-refractivity contribution in [2.75, 3.05) is 0 Å². The molecule has 0 radical (unpaired) electrons. The molecule has 0 aliphatic heterocycles. The van der Waals surface area contributed by atoms with Crippen LogP contribution in [0.4, 0.5) is 0 Å². The molecule has 2 aromatic rings. The fraction of sp³-hybridized carbons (Fsp3) is 0.545. The molecule has 0 aromatic carbocycles. The Morgan fingerprint density at radius 2 is 2.21 bits per heavy atom. The summed E-state index contributed by atoms with van der Waals surface area (Å²) in [5.74, 6) is 0.117. The number of aromatic carboxylic acids is 1. The number of carboxylic acids is 1. The summed E-state index contributed by atoms with van der Waals surface area (Å²) in [6.07, 6.45) is 0.571. The zero-order valence-corrected chi connectivity index (χ0v) is 11.0. The van der Waals surface area contributed by atoms with Crippen LogP contribution in [0.15, 0.2) is 4.52 Å². The maximum absolute atomic E-state index is 11.1. The molecule has 1 N–H and O–H groups in total. The van der Waals surface area contributed by atoms with E-state index in [0.29, 0.717) is 29.7 Å². The van der Waals surface area contributed by atoms with Gasteiger partial charge in [0.25, 0.3) is 0 Å². The van der Waals surface area contributed by atoms with Crippen molar-refractivity contribution in [2.24, 2.45) is 5.92 Å². The summed E-state index contributed by atoms with van der Waals surface area (Å²) in [4.78, 5) is 15.2. The lowest BCUT2D eigenvalue weighted by Crippen LogP contribution is -2.12. The number of nitrogens with zero attached hydrogens (tertiary/aromatic N) is 5. The zero-order valence-electron chi connectivity index (χ0n) is 11.0. The Morgan fingerprint density at radius 1 is 1.47 bits per heavy atom. The quantitative estimate of drug-likeness (QED) is 0.856. The van der Waals surface area contributed by atoms with Gasteiger partial charge in [0.2, 0.25) is 5.89 Å². The molecule has 8 nitrogen and oxygen atoms in total. The maximum atomic E-state index is 11.1. The van der Waals surface area contributed by atoms with E-state index in [-0.39, 0.29) is 12.2 Å². The monoisotopic (exact) mass is 265 g/mol. The molecule has 8 heteroatoms. The van der Waals surface area contributed by atoms with E-state index in [2.05, 4.69) is 20.5 Å². The van der Waals surface area contributed by atoms with Gasteiger partial charge in [0.15, 0.2) is 11.5 Å². The molecule has 2 heterocycles. The Balaban J connectivity index is 2.31. The zero-order chi connectivity index (χ0) is 14.0. The number of carboxylic acid groups (broad SMARTS) is 1. The summed E-state index contributed by atoms with van der Waals surface area (Å²) in [7, 11) is 0. The van der Waals surface area contributed by atoms with Gasteiger partial charge in [0.1, 0.15) is 6.54 Å². The SMILES string of the molecule is Cc1noc(Cn2nnc(C(=O)O)c2CC(C)C)n1. The van der Waals surface area contributed by atoms with Gasteiger partial charge in [-0.15, -0.1) is 5.10 Å². The summed E-state index contributed by atoms with van der Waals surface area (Å²) in [6, 6.07) is 0. The van der Waals surface area contributed by atoms with E-state index < -0.39 is 5.97 Å². The topological polar surface area (TPSA) is 107 Å². The maximum Gasteiger partial charge on any atom is 0.358 e. The van der Waals surface area contributed by atoms with Gasteiger partial charge in [-0.2, -0.15) is 4.98 Å². The van der Waals surface area contributed by atoms with Crippen molar-refractivity contribution in [3.05, 3.63) is 23.1 Å². The Kier molecular flexibility index (Phi) is 3.59. The van der Waals surface area contributed by atoms with Crippen molar-refractivity contribution in [1.29, 1.82) is 0 Å². The number of aryl methyl sites for hydroxylation is 1. The fourth-order valence-electron chi connectivity index (χ4n) is 1.75. The fourth-order valence-corrected chi connectivity index (χ4v) is 1.75. The van der Waals surface area contributed by atoms with E-state index in [0.717, 1.165) is 0 Å². The number of hydrogen-bond donors (Lipinski definition) is 1. The van der Waals surface area contributed by atoms with Crippen molar-refractivity contribution in [3.8, 4) is 0 Å². The van der Waals surface area contributed by atoms with Crippen LogP contribution in [0.25, 0.3) is 0 Å². The molecule has 102 valence electrons. The summed E-state index contributed by atoms with van der Waals surface area (Å²) < 4.78 is 6.50. The molecule has 2 rings (SSSR count). The molecule has 0 spiro atoms. The van der Waals surface area contributed by atoms with E-state index in [4.69, 9.17) is 9.63 Å². The van der Waals surface area contributed by atoms with Crippen LogP contribution >= 0.6 is 0 Å². The van der Waals surface area contributed by atoms with Crippen LogP contribution in [0, 0.1) is 12.8 Å². The van der Waals surface area contributed by atoms with Gasteiger partial charge in [-0.1, -0.05) is 24.2 Å². The minimum absolute atomic E-state index is 0.0232. The summed E-state index contributed by atoms with van der Waals surface area (Å²) >= 11 is 0. The first kappa shape index (κ1) is 13.2. The largest absolute Gasteiger partial charge is 0.476 e. The van der Waals surface area contributed by atoms with Crippen LogP contribution in [-0.2, 0) is 13.0 Å². The average molecular weight is 265 g/mol. The van der Waals surface area contributed by atoms with Crippen molar-refractivity contribution < 1.29 is 14.4 Å². The molecule has 0 unspecified atom stereocenters. The van der Waals surface area contributed by atoms with Crippen LogP contribution in [0.5, 0.6) is 0 Å². The second-order valence-corrected chi connectivity index (χ2v) is 4.68. The third-order valence-electron chi connectivity index (χ3n) is 2.50.